The van der Waals surface area contributed by atoms with E-state index in [1.165, 1.54) is 0 Å². The lowest BCUT2D eigenvalue weighted by molar-refractivity contribution is -0.745. The van der Waals surface area contributed by atoms with E-state index in [4.69, 9.17) is 0 Å². The fourth-order valence-electron chi connectivity index (χ4n) is 2.52. The van der Waals surface area contributed by atoms with Crippen LogP contribution < -0.4 is 21.7 Å². The minimum absolute atomic E-state index is 0. The summed E-state index contributed by atoms with van der Waals surface area (Å²) in [7, 11) is 0. The van der Waals surface area contributed by atoms with Crippen molar-refractivity contribution in [1.29, 1.82) is 0 Å². The monoisotopic (exact) mass is 414 g/mol. The minimum atomic E-state index is -0.0111. The number of ketones is 1. The molecule has 0 radical (unpaired) electrons. The Morgan fingerprint density at radius 2 is 1.81 bits per heavy atom. The molecule has 0 fully saturated rings. The maximum Gasteiger partial charge on any atom is 0.301 e. The van der Waals surface area contributed by atoms with Gasteiger partial charge in [-0.25, -0.2) is 0 Å². The molecule has 1 aromatic heterocycles. The van der Waals surface area contributed by atoms with Gasteiger partial charge in [-0.05, 0) is 17.2 Å². The number of aromatic hydroxyl groups is 1. The third-order valence-corrected chi connectivity index (χ3v) is 3.89. The quantitative estimate of drug-likeness (QED) is 0.339. The zero-order chi connectivity index (χ0) is 17.8. The smallest absolute Gasteiger partial charge is 0.301 e. The number of aromatic nitrogens is 3. The molecule has 0 amide bonds. The van der Waals surface area contributed by atoms with Gasteiger partial charge in [0.2, 0.25) is 5.78 Å². The second kappa shape index (κ2) is 8.53. The Kier molecular flexibility index (Phi) is 6.41. The zero-order valence-corrected chi connectivity index (χ0v) is 16.1. The Morgan fingerprint density at radius 1 is 1.15 bits per heavy atom. The van der Waals surface area contributed by atoms with E-state index in [1.807, 2.05) is 38.1 Å². The van der Waals surface area contributed by atoms with Crippen molar-refractivity contribution in [2.24, 2.45) is 5.10 Å². The second-order valence-electron chi connectivity index (χ2n) is 5.66. The van der Waals surface area contributed by atoms with Crippen LogP contribution in [0, 0.1) is 13.8 Å². The second-order valence-corrected chi connectivity index (χ2v) is 5.66. The number of phenolic OH excluding ortho intramolecular Hbond substituents is 1. The lowest BCUT2D eigenvalue weighted by Crippen LogP contribution is -3.00. The summed E-state index contributed by atoms with van der Waals surface area (Å²) in [4.78, 5) is 12.4. The molecule has 0 aliphatic carbocycles. The van der Waals surface area contributed by atoms with Gasteiger partial charge >= 0.3 is 5.82 Å². The molecule has 0 unspecified atom stereocenters. The summed E-state index contributed by atoms with van der Waals surface area (Å²) in [5.74, 6) is 1.54. The number of rotatable bonds is 5. The number of aryl methyl sites for hydroxylation is 1. The number of carbonyl (C=O) groups excluding carboxylic acids is 1. The number of hydrogen-bond acceptors (Lipinski definition) is 4. The maximum absolute atomic E-state index is 12.4. The molecule has 0 bridgehead atoms. The summed E-state index contributed by atoms with van der Waals surface area (Å²) in [6, 6.07) is 16.1. The Hall–Kier alpha value is -2.80. The van der Waals surface area contributed by atoms with Gasteiger partial charge in [-0.3, -0.25) is 4.79 Å². The van der Waals surface area contributed by atoms with Crippen LogP contribution >= 0.6 is 0 Å². The van der Waals surface area contributed by atoms with Gasteiger partial charge in [-0.2, -0.15) is 0 Å². The van der Waals surface area contributed by atoms with Crippen molar-refractivity contribution < 1.29 is 31.6 Å². The normalized spacial score (nSPS) is 10.7. The molecule has 0 aliphatic heterocycles. The van der Waals surface area contributed by atoms with Crippen molar-refractivity contribution in [1.82, 2.24) is 9.77 Å². The van der Waals surface area contributed by atoms with Gasteiger partial charge in [0.05, 0.1) is 6.21 Å². The van der Waals surface area contributed by atoms with Crippen molar-refractivity contribution >= 4 is 12.0 Å². The van der Waals surface area contributed by atoms with Crippen molar-refractivity contribution in [3.05, 3.63) is 77.4 Å². The topological polar surface area (TPSA) is 71.4 Å². The van der Waals surface area contributed by atoms with Crippen molar-refractivity contribution in [3.8, 4) is 5.75 Å². The summed E-state index contributed by atoms with van der Waals surface area (Å²) < 4.78 is 3.28. The van der Waals surface area contributed by atoms with Crippen LogP contribution in [0.15, 0.2) is 59.7 Å². The predicted octanol–water partition coefficient (Wildman–Crippen LogP) is -0.738. The standard InChI is InChI=1S/C19H18N4O2.BrH/c1-14-21-22(13-19(25)16-8-4-3-5-9-16)15(2)23(14)20-12-17-10-6-7-11-18(17)24;/h3-12H,13H2,1-2H3;1H. The number of Topliss-reactive ketones (excluding diaryl/α,β-unsaturated/α-hetero) is 1. The van der Waals surface area contributed by atoms with Crippen molar-refractivity contribution in [3.63, 3.8) is 0 Å². The maximum atomic E-state index is 12.4. The average Bonchev–Trinajstić information content (AvgIpc) is 2.88. The Balaban J connectivity index is 0.00000243. The Bertz CT molecular complexity index is 936. The van der Waals surface area contributed by atoms with Gasteiger partial charge < -0.3 is 22.1 Å². The lowest BCUT2D eigenvalue weighted by Gasteiger charge is -1.98. The number of para-hydroxylation sites is 1. The Morgan fingerprint density at radius 3 is 2.50 bits per heavy atom. The van der Waals surface area contributed by atoms with Crippen LogP contribution in [0.3, 0.4) is 0 Å². The van der Waals surface area contributed by atoms with Gasteiger partial charge in [0.25, 0.3) is 5.82 Å². The molecule has 26 heavy (non-hydrogen) atoms. The van der Waals surface area contributed by atoms with Gasteiger partial charge in [-0.15, -0.1) is 4.68 Å². The summed E-state index contributed by atoms with van der Waals surface area (Å²) in [5.41, 5.74) is 1.27. The van der Waals surface area contributed by atoms with E-state index in [2.05, 4.69) is 10.2 Å². The third-order valence-electron chi connectivity index (χ3n) is 3.89. The molecule has 0 aliphatic rings. The summed E-state index contributed by atoms with van der Waals surface area (Å²) >= 11 is 0. The fraction of sp³-hybridized carbons (Fsp3) is 0.158. The molecule has 3 rings (SSSR count). The molecule has 1 heterocycles. The highest BCUT2D eigenvalue weighted by Gasteiger charge is 2.21. The van der Waals surface area contributed by atoms with Crippen LogP contribution in [0.25, 0.3) is 0 Å². The number of benzene rings is 2. The summed E-state index contributed by atoms with van der Waals surface area (Å²) in [5, 5.41) is 18.6. The van der Waals surface area contributed by atoms with E-state index in [9.17, 15) is 9.90 Å². The first kappa shape index (κ1) is 19.5. The molecule has 3 aromatic rings. The van der Waals surface area contributed by atoms with E-state index in [0.717, 1.165) is 5.82 Å². The molecule has 7 heteroatoms. The molecule has 0 atom stereocenters. The molecular formula is C19H19BrN4O2. The van der Waals surface area contributed by atoms with Crippen molar-refractivity contribution in [2.75, 3.05) is 0 Å². The first-order valence-corrected chi connectivity index (χ1v) is 7.93. The number of carbonyl (C=O) groups is 1. The van der Waals surface area contributed by atoms with Crippen LogP contribution in [0.1, 0.15) is 27.6 Å². The lowest BCUT2D eigenvalue weighted by atomic mass is 10.1. The average molecular weight is 415 g/mol. The van der Waals surface area contributed by atoms with Crippen LogP contribution in [-0.2, 0) is 6.54 Å². The fourth-order valence-corrected chi connectivity index (χ4v) is 2.52. The molecule has 0 saturated heterocycles. The molecule has 2 aromatic carbocycles. The van der Waals surface area contributed by atoms with Gasteiger partial charge in [0.15, 0.2) is 6.54 Å². The minimum Gasteiger partial charge on any atom is -1.00 e. The van der Waals surface area contributed by atoms with Crippen LogP contribution in [0.4, 0.5) is 0 Å². The van der Waals surface area contributed by atoms with E-state index >= 15 is 0 Å². The third kappa shape index (κ3) is 4.23. The van der Waals surface area contributed by atoms with E-state index in [0.29, 0.717) is 17.0 Å². The van der Waals surface area contributed by atoms with E-state index in [1.54, 1.807) is 45.9 Å². The van der Waals surface area contributed by atoms with E-state index in [-0.39, 0.29) is 35.1 Å². The van der Waals surface area contributed by atoms with Gasteiger partial charge in [0.1, 0.15) is 5.75 Å². The zero-order valence-electron chi connectivity index (χ0n) is 14.5. The highest BCUT2D eigenvalue weighted by molar-refractivity contribution is 5.94. The number of hydrogen-bond donors (Lipinski definition) is 1. The molecule has 0 spiro atoms. The van der Waals surface area contributed by atoms with Crippen LogP contribution in [0.5, 0.6) is 5.75 Å². The largest absolute Gasteiger partial charge is 1.00 e. The number of phenols is 1. The first-order chi connectivity index (χ1) is 12.1. The highest BCUT2D eigenvalue weighted by Crippen LogP contribution is 2.13. The SMILES string of the molecule is Cc1n[n+](CC(=O)c2ccccc2)c(C)n1/N=C/c1ccccc1O.[Br-]. The number of halogens is 1. The first-order valence-electron chi connectivity index (χ1n) is 7.93. The van der Waals surface area contributed by atoms with Crippen molar-refractivity contribution in [2.45, 2.75) is 20.4 Å². The predicted molar refractivity (Wildman–Crippen MR) is 93.8 cm³/mol. The van der Waals surface area contributed by atoms with Gasteiger partial charge in [-0.1, -0.05) is 52.2 Å². The molecule has 6 nitrogen and oxygen atoms in total. The summed E-state index contributed by atoms with van der Waals surface area (Å²) in [6.07, 6.45) is 1.57. The molecule has 0 saturated carbocycles. The van der Waals surface area contributed by atoms with Crippen LogP contribution in [0.2, 0.25) is 0 Å². The van der Waals surface area contributed by atoms with Crippen LogP contribution in [-0.4, -0.2) is 26.9 Å². The molecular weight excluding hydrogens is 396 g/mol. The molecule has 134 valence electrons. The summed E-state index contributed by atoms with van der Waals surface area (Å²) in [6.45, 7) is 3.81. The Labute approximate surface area is 162 Å². The molecule has 1 N–H and O–H groups in total. The van der Waals surface area contributed by atoms with E-state index < -0.39 is 0 Å². The van der Waals surface area contributed by atoms with Gasteiger partial charge in [0, 0.05) is 25.0 Å². The number of nitrogens with zero attached hydrogens (tertiary/aromatic N) is 4. The highest BCUT2D eigenvalue weighted by atomic mass is 79.9.